The molecule has 0 aliphatic carbocycles. The molecule has 1 fully saturated rings. The lowest BCUT2D eigenvalue weighted by Crippen LogP contribution is -2.44. The summed E-state index contributed by atoms with van der Waals surface area (Å²) in [6, 6.07) is 13.5. The monoisotopic (exact) mass is 395 g/mol. The van der Waals surface area contributed by atoms with Crippen LogP contribution in [0.5, 0.6) is 0 Å². The van der Waals surface area contributed by atoms with Gasteiger partial charge >= 0.3 is 6.09 Å². The standard InChI is InChI=1S/C23H29N3O3/c1-16(2)29-23(28)26-14-11-18(12-15-26)22(27)25-21(20-10-6-7-13-24-20)19-9-5-4-8-17(19)3/h4-10,13,16,18,21H,11-12,14-15H2,1-3H3,(H,25,27). The van der Waals surface area contributed by atoms with Gasteiger partial charge in [-0.05, 0) is 56.9 Å². The number of aryl methyl sites for hydroxylation is 1. The molecule has 1 aromatic heterocycles. The highest BCUT2D eigenvalue weighted by Crippen LogP contribution is 2.26. The normalized spacial score (nSPS) is 15.8. The van der Waals surface area contributed by atoms with Gasteiger partial charge in [0.05, 0.1) is 17.8 Å². The molecule has 6 nitrogen and oxygen atoms in total. The Morgan fingerprint density at radius 2 is 1.79 bits per heavy atom. The van der Waals surface area contributed by atoms with Gasteiger partial charge < -0.3 is 15.0 Å². The van der Waals surface area contributed by atoms with Gasteiger partial charge in [0.25, 0.3) is 0 Å². The average molecular weight is 396 g/mol. The highest BCUT2D eigenvalue weighted by atomic mass is 16.6. The Morgan fingerprint density at radius 1 is 1.10 bits per heavy atom. The molecule has 1 unspecified atom stereocenters. The van der Waals surface area contributed by atoms with E-state index in [1.165, 1.54) is 0 Å². The van der Waals surface area contributed by atoms with Crippen molar-refractivity contribution in [2.24, 2.45) is 5.92 Å². The maximum Gasteiger partial charge on any atom is 0.410 e. The van der Waals surface area contributed by atoms with Crippen molar-refractivity contribution in [3.63, 3.8) is 0 Å². The summed E-state index contributed by atoms with van der Waals surface area (Å²) in [6.07, 6.45) is 2.55. The minimum atomic E-state index is -0.301. The molecule has 29 heavy (non-hydrogen) atoms. The Hall–Kier alpha value is -2.89. The van der Waals surface area contributed by atoms with Crippen LogP contribution in [0.4, 0.5) is 4.79 Å². The van der Waals surface area contributed by atoms with Crippen molar-refractivity contribution in [3.8, 4) is 0 Å². The smallest absolute Gasteiger partial charge is 0.410 e. The second kappa shape index (κ2) is 9.54. The predicted octanol–water partition coefficient (Wildman–Crippen LogP) is 3.85. The first-order chi connectivity index (χ1) is 14.0. The van der Waals surface area contributed by atoms with E-state index in [2.05, 4.69) is 10.3 Å². The summed E-state index contributed by atoms with van der Waals surface area (Å²) in [5, 5.41) is 3.20. The molecule has 1 N–H and O–H groups in total. The van der Waals surface area contributed by atoms with E-state index in [0.29, 0.717) is 25.9 Å². The Bertz CT molecular complexity index is 830. The fourth-order valence-electron chi connectivity index (χ4n) is 3.63. The topological polar surface area (TPSA) is 71.5 Å². The molecular formula is C23H29N3O3. The van der Waals surface area contributed by atoms with Crippen LogP contribution in [-0.4, -0.2) is 41.1 Å². The third kappa shape index (κ3) is 5.34. The fourth-order valence-corrected chi connectivity index (χ4v) is 3.63. The van der Waals surface area contributed by atoms with Gasteiger partial charge in [0, 0.05) is 25.2 Å². The number of benzene rings is 1. The van der Waals surface area contributed by atoms with E-state index in [9.17, 15) is 9.59 Å². The molecule has 1 saturated heterocycles. The third-order valence-corrected chi connectivity index (χ3v) is 5.23. The number of nitrogens with one attached hydrogen (secondary N) is 1. The van der Waals surface area contributed by atoms with Gasteiger partial charge in [0.2, 0.25) is 5.91 Å². The first-order valence-electron chi connectivity index (χ1n) is 10.2. The summed E-state index contributed by atoms with van der Waals surface area (Å²) in [6.45, 7) is 6.77. The highest BCUT2D eigenvalue weighted by Gasteiger charge is 2.30. The van der Waals surface area contributed by atoms with E-state index in [4.69, 9.17) is 4.74 Å². The zero-order chi connectivity index (χ0) is 20.8. The van der Waals surface area contributed by atoms with E-state index in [1.54, 1.807) is 11.1 Å². The summed E-state index contributed by atoms with van der Waals surface area (Å²) in [4.78, 5) is 31.3. The van der Waals surface area contributed by atoms with Crippen molar-refractivity contribution in [2.75, 3.05) is 13.1 Å². The number of rotatable bonds is 5. The van der Waals surface area contributed by atoms with Crippen molar-refractivity contribution < 1.29 is 14.3 Å². The van der Waals surface area contributed by atoms with Crippen LogP contribution in [0.15, 0.2) is 48.7 Å². The average Bonchev–Trinajstić information content (AvgIpc) is 2.73. The number of ether oxygens (including phenoxy) is 1. The molecule has 1 atom stereocenters. The second-order valence-corrected chi connectivity index (χ2v) is 7.75. The summed E-state index contributed by atoms with van der Waals surface area (Å²) >= 11 is 0. The number of nitrogens with zero attached hydrogens (tertiary/aromatic N) is 2. The Kier molecular flexibility index (Phi) is 6.86. The van der Waals surface area contributed by atoms with Crippen LogP contribution in [0.25, 0.3) is 0 Å². The van der Waals surface area contributed by atoms with Gasteiger partial charge in [-0.15, -0.1) is 0 Å². The van der Waals surface area contributed by atoms with Gasteiger partial charge in [-0.3, -0.25) is 9.78 Å². The number of piperidine rings is 1. The van der Waals surface area contributed by atoms with E-state index in [-0.39, 0.29) is 30.1 Å². The maximum absolute atomic E-state index is 13.0. The van der Waals surface area contributed by atoms with Gasteiger partial charge in [-0.2, -0.15) is 0 Å². The van der Waals surface area contributed by atoms with Crippen molar-refractivity contribution >= 4 is 12.0 Å². The van der Waals surface area contributed by atoms with Crippen molar-refractivity contribution in [1.29, 1.82) is 0 Å². The molecule has 2 heterocycles. The van der Waals surface area contributed by atoms with Crippen molar-refractivity contribution in [2.45, 2.75) is 45.8 Å². The van der Waals surface area contributed by atoms with E-state index < -0.39 is 0 Å². The van der Waals surface area contributed by atoms with Gasteiger partial charge in [0.15, 0.2) is 0 Å². The van der Waals surface area contributed by atoms with Gasteiger partial charge in [-0.1, -0.05) is 30.3 Å². The zero-order valence-electron chi connectivity index (χ0n) is 17.3. The molecule has 2 aromatic rings. The zero-order valence-corrected chi connectivity index (χ0v) is 17.3. The lowest BCUT2D eigenvalue weighted by atomic mass is 9.93. The van der Waals surface area contributed by atoms with Crippen LogP contribution < -0.4 is 5.32 Å². The van der Waals surface area contributed by atoms with Gasteiger partial charge in [-0.25, -0.2) is 4.79 Å². The largest absolute Gasteiger partial charge is 0.447 e. The van der Waals surface area contributed by atoms with Gasteiger partial charge in [0.1, 0.15) is 0 Å². The number of amides is 2. The number of carbonyl (C=O) groups is 2. The summed E-state index contributed by atoms with van der Waals surface area (Å²) in [5.41, 5.74) is 2.96. The maximum atomic E-state index is 13.0. The molecule has 1 aromatic carbocycles. The van der Waals surface area contributed by atoms with Crippen LogP contribution in [0.1, 0.15) is 49.6 Å². The summed E-state index contributed by atoms with van der Waals surface area (Å²) in [7, 11) is 0. The van der Waals surface area contributed by atoms with Crippen LogP contribution in [-0.2, 0) is 9.53 Å². The number of hydrogen-bond donors (Lipinski definition) is 1. The molecular weight excluding hydrogens is 366 g/mol. The number of hydrogen-bond acceptors (Lipinski definition) is 4. The number of pyridine rings is 1. The van der Waals surface area contributed by atoms with Crippen LogP contribution in [0.2, 0.25) is 0 Å². The second-order valence-electron chi connectivity index (χ2n) is 7.75. The molecule has 2 amide bonds. The molecule has 1 aliphatic heterocycles. The number of carbonyl (C=O) groups excluding carboxylic acids is 2. The lowest BCUT2D eigenvalue weighted by Gasteiger charge is -2.32. The van der Waals surface area contributed by atoms with Crippen LogP contribution >= 0.6 is 0 Å². The van der Waals surface area contributed by atoms with Crippen molar-refractivity contribution in [3.05, 3.63) is 65.5 Å². The summed E-state index contributed by atoms with van der Waals surface area (Å²) in [5.74, 6) is -0.130. The molecule has 0 saturated carbocycles. The first kappa shape index (κ1) is 20.8. The van der Waals surface area contributed by atoms with Crippen molar-refractivity contribution in [1.82, 2.24) is 15.2 Å². The Morgan fingerprint density at radius 3 is 2.41 bits per heavy atom. The lowest BCUT2D eigenvalue weighted by molar-refractivity contribution is -0.127. The Labute approximate surface area is 172 Å². The number of aromatic nitrogens is 1. The van der Waals surface area contributed by atoms with Crippen LogP contribution in [0.3, 0.4) is 0 Å². The van der Waals surface area contributed by atoms with E-state index in [1.807, 2.05) is 63.2 Å². The minimum absolute atomic E-state index is 0.000725. The quantitative estimate of drug-likeness (QED) is 0.835. The predicted molar refractivity (Wildman–Crippen MR) is 111 cm³/mol. The molecule has 154 valence electrons. The SMILES string of the molecule is Cc1ccccc1C(NC(=O)C1CCN(C(=O)OC(C)C)CC1)c1ccccn1. The molecule has 1 aliphatic rings. The molecule has 0 radical (unpaired) electrons. The summed E-state index contributed by atoms with van der Waals surface area (Å²) < 4.78 is 5.26. The van der Waals surface area contributed by atoms with E-state index in [0.717, 1.165) is 16.8 Å². The minimum Gasteiger partial charge on any atom is -0.447 e. The molecule has 6 heteroatoms. The third-order valence-electron chi connectivity index (χ3n) is 5.23. The Balaban J connectivity index is 1.69. The number of likely N-dealkylation sites (tertiary alicyclic amines) is 1. The van der Waals surface area contributed by atoms with E-state index >= 15 is 0 Å². The first-order valence-corrected chi connectivity index (χ1v) is 10.2. The molecule has 3 rings (SSSR count). The highest BCUT2D eigenvalue weighted by molar-refractivity contribution is 5.80. The molecule has 0 spiro atoms. The van der Waals surface area contributed by atoms with Crippen LogP contribution in [0, 0.1) is 12.8 Å². The fraction of sp³-hybridized carbons (Fsp3) is 0.435. The molecule has 0 bridgehead atoms.